The summed E-state index contributed by atoms with van der Waals surface area (Å²) in [5, 5.41) is 4.76. The van der Waals surface area contributed by atoms with Gasteiger partial charge < -0.3 is 9.47 Å². The van der Waals surface area contributed by atoms with Crippen LogP contribution in [0.15, 0.2) is 82.8 Å². The second-order valence-corrected chi connectivity index (χ2v) is 10.0. The van der Waals surface area contributed by atoms with Crippen molar-refractivity contribution < 1.29 is 45.8 Å². The van der Waals surface area contributed by atoms with Crippen molar-refractivity contribution in [3.63, 3.8) is 0 Å². The third-order valence-corrected chi connectivity index (χ3v) is 5.80. The molecule has 0 bridgehead atoms. The standard InChI is InChI=1S/2C15H14NO.2ClH.2Pd/c2*1-15(2)10-17-14(16-15)13-8-7-11-5-3-4-6-12(11)9-13;;;;/h2*3,5-9H,10H2,1-2H3;2*1H;;/q2*-1;;;2*+2/p-2. The van der Waals surface area contributed by atoms with E-state index in [9.17, 15) is 0 Å². The zero-order valence-electron chi connectivity index (χ0n) is 21.4. The summed E-state index contributed by atoms with van der Waals surface area (Å²) in [4.78, 5) is 9.16. The second kappa shape index (κ2) is 14.0. The molecule has 2 aliphatic heterocycles. The summed E-state index contributed by atoms with van der Waals surface area (Å²) in [6, 6.07) is 30.6. The maximum absolute atomic E-state index is 5.64. The van der Waals surface area contributed by atoms with Crippen molar-refractivity contribution in [3.05, 3.63) is 96.1 Å². The van der Waals surface area contributed by atoms with Crippen molar-refractivity contribution in [1.82, 2.24) is 0 Å². The van der Waals surface area contributed by atoms with Crippen LogP contribution in [-0.4, -0.2) is 36.1 Å². The topological polar surface area (TPSA) is 43.2 Å². The van der Waals surface area contributed by atoms with Gasteiger partial charge in [0.2, 0.25) is 11.8 Å². The molecule has 0 saturated heterocycles. The van der Waals surface area contributed by atoms with Gasteiger partial charge in [-0.05, 0) is 27.7 Å². The Kier molecular flexibility index (Phi) is 11.4. The number of ether oxygens (including phenoxy) is 2. The molecule has 0 radical (unpaired) electrons. The van der Waals surface area contributed by atoms with Gasteiger partial charge in [-0.1, -0.05) is 36.4 Å². The molecule has 0 N–H and O–H groups in total. The molecule has 0 aromatic heterocycles. The second-order valence-electron chi connectivity index (χ2n) is 10.0. The Labute approximate surface area is 254 Å². The SMILES string of the molecule is CC1(C)COC(c2ccc3cc[c-]cc3c2)=N1.CC1(C)COC(c2ccc3cc[c-]cc3c2)=N1.[Cl][Pd+].[Cl][Pd+]. The number of halogens is 2. The summed E-state index contributed by atoms with van der Waals surface area (Å²) in [5.41, 5.74) is 1.88. The fourth-order valence-corrected chi connectivity index (χ4v) is 3.99. The van der Waals surface area contributed by atoms with E-state index in [1.807, 2.05) is 24.3 Å². The van der Waals surface area contributed by atoms with Gasteiger partial charge in [0.05, 0.1) is 11.1 Å². The quantitative estimate of drug-likeness (QED) is 0.156. The monoisotopic (exact) mass is 730 g/mol. The molecule has 204 valence electrons. The minimum atomic E-state index is -0.104. The molecule has 38 heavy (non-hydrogen) atoms. The zero-order chi connectivity index (χ0) is 27.8. The molecule has 8 heteroatoms. The van der Waals surface area contributed by atoms with Gasteiger partial charge in [-0.15, -0.1) is 21.5 Å². The van der Waals surface area contributed by atoms with E-state index in [0.29, 0.717) is 13.2 Å². The number of hydrogen-bond donors (Lipinski definition) is 0. The zero-order valence-corrected chi connectivity index (χ0v) is 26.1. The van der Waals surface area contributed by atoms with Crippen molar-refractivity contribution in [2.24, 2.45) is 9.98 Å². The number of nitrogens with zero attached hydrogens (tertiary/aromatic N) is 2. The predicted molar refractivity (Wildman–Crippen MR) is 150 cm³/mol. The third-order valence-electron chi connectivity index (χ3n) is 5.80. The molecule has 0 spiro atoms. The third kappa shape index (κ3) is 8.13. The van der Waals surface area contributed by atoms with Crippen molar-refractivity contribution >= 4 is 52.4 Å². The Bertz CT molecular complexity index is 1330. The van der Waals surface area contributed by atoms with Gasteiger partial charge >= 0.3 is 55.4 Å². The van der Waals surface area contributed by atoms with Crippen molar-refractivity contribution in [2.45, 2.75) is 38.8 Å². The normalized spacial score (nSPS) is 16.4. The molecule has 0 atom stereocenters. The molecule has 4 aromatic carbocycles. The van der Waals surface area contributed by atoms with Gasteiger partial charge in [0.15, 0.2) is 0 Å². The van der Waals surface area contributed by atoms with Crippen LogP contribution in [-0.2, 0) is 45.8 Å². The minimum absolute atomic E-state index is 0.104. The molecule has 6 rings (SSSR count). The van der Waals surface area contributed by atoms with E-state index in [2.05, 4.69) is 154 Å². The molecular formula is C30H28Cl2N2O2Pd2. The summed E-state index contributed by atoms with van der Waals surface area (Å²) in [7, 11) is 8.98. The number of benzene rings is 4. The first-order valence-corrected chi connectivity index (χ1v) is 15.8. The Morgan fingerprint density at radius 1 is 0.632 bits per heavy atom. The van der Waals surface area contributed by atoms with E-state index >= 15 is 0 Å². The maximum atomic E-state index is 5.64. The van der Waals surface area contributed by atoms with E-state index in [1.54, 1.807) is 0 Å². The van der Waals surface area contributed by atoms with Gasteiger partial charge in [0, 0.05) is 11.1 Å². The van der Waals surface area contributed by atoms with Crippen LogP contribution in [0.1, 0.15) is 38.8 Å². The van der Waals surface area contributed by atoms with Crippen LogP contribution in [0.2, 0.25) is 0 Å². The Hall–Kier alpha value is -1.76. The van der Waals surface area contributed by atoms with Crippen molar-refractivity contribution in [3.8, 4) is 0 Å². The van der Waals surface area contributed by atoms with Gasteiger partial charge in [0.1, 0.15) is 13.2 Å². The Balaban J connectivity index is 0.000000187. The fourth-order valence-electron chi connectivity index (χ4n) is 3.99. The van der Waals surface area contributed by atoms with Crippen LogP contribution in [0, 0.1) is 12.1 Å². The summed E-state index contributed by atoms with van der Waals surface area (Å²) in [6.07, 6.45) is 0. The fraction of sp³-hybridized carbons (Fsp3) is 0.267. The number of fused-ring (bicyclic) bond motifs is 2. The molecule has 0 saturated carbocycles. The predicted octanol–water partition coefficient (Wildman–Crippen LogP) is 7.76. The summed E-state index contributed by atoms with van der Waals surface area (Å²) in [6.45, 7) is 9.62. The van der Waals surface area contributed by atoms with E-state index in [4.69, 9.17) is 9.47 Å². The molecule has 4 aromatic rings. The first kappa shape index (κ1) is 30.8. The van der Waals surface area contributed by atoms with Crippen LogP contribution in [0.5, 0.6) is 0 Å². The summed E-state index contributed by atoms with van der Waals surface area (Å²) >= 11 is 4.44. The summed E-state index contributed by atoms with van der Waals surface area (Å²) < 4.78 is 11.3. The van der Waals surface area contributed by atoms with E-state index < -0.39 is 0 Å². The van der Waals surface area contributed by atoms with Gasteiger partial charge in [0.25, 0.3) is 0 Å². The van der Waals surface area contributed by atoms with Crippen molar-refractivity contribution in [2.75, 3.05) is 13.2 Å². The van der Waals surface area contributed by atoms with Gasteiger partial charge in [-0.25, -0.2) is 9.98 Å². The molecule has 2 heterocycles. The first-order valence-electron chi connectivity index (χ1n) is 11.8. The molecule has 0 amide bonds. The van der Waals surface area contributed by atoms with Crippen LogP contribution < -0.4 is 0 Å². The Morgan fingerprint density at radius 2 is 1.03 bits per heavy atom. The van der Waals surface area contributed by atoms with E-state index in [-0.39, 0.29) is 11.1 Å². The molecular weight excluding hydrogens is 704 g/mol. The van der Waals surface area contributed by atoms with Crippen LogP contribution in [0.25, 0.3) is 21.5 Å². The molecule has 0 fully saturated rings. The van der Waals surface area contributed by atoms with Crippen LogP contribution >= 0.6 is 19.1 Å². The summed E-state index contributed by atoms with van der Waals surface area (Å²) in [5.74, 6) is 1.50. The van der Waals surface area contributed by atoms with Gasteiger partial charge in [-0.2, -0.15) is 48.5 Å². The van der Waals surface area contributed by atoms with Gasteiger partial charge in [-0.3, -0.25) is 0 Å². The molecule has 4 nitrogen and oxygen atoms in total. The average molecular weight is 732 g/mol. The van der Waals surface area contributed by atoms with Crippen molar-refractivity contribution in [1.29, 1.82) is 0 Å². The van der Waals surface area contributed by atoms with Crippen LogP contribution in [0.4, 0.5) is 0 Å². The molecule has 2 aliphatic rings. The molecule has 0 unspecified atom stereocenters. The number of hydrogen-bond acceptors (Lipinski definition) is 4. The molecule has 0 aliphatic carbocycles. The Morgan fingerprint density at radius 3 is 1.37 bits per heavy atom. The van der Waals surface area contributed by atoms with E-state index in [1.165, 1.54) is 21.5 Å². The van der Waals surface area contributed by atoms with Crippen LogP contribution in [0.3, 0.4) is 0 Å². The number of aliphatic imine (C=N–C) groups is 2. The average Bonchev–Trinajstić information content (AvgIpc) is 3.51. The number of rotatable bonds is 2. The first-order chi connectivity index (χ1) is 18.3. The van der Waals surface area contributed by atoms with E-state index in [0.717, 1.165) is 22.9 Å².